The van der Waals surface area contributed by atoms with Crippen LogP contribution in [-0.4, -0.2) is 43.0 Å². The number of hydrogen-bond donors (Lipinski definition) is 2. The summed E-state index contributed by atoms with van der Waals surface area (Å²) in [5, 5.41) is 13.6. The van der Waals surface area contributed by atoms with Crippen LogP contribution in [0.5, 0.6) is 0 Å². The van der Waals surface area contributed by atoms with Gasteiger partial charge in [0.2, 0.25) is 0 Å². The van der Waals surface area contributed by atoms with Crippen molar-refractivity contribution in [3.8, 4) is 0 Å². The Labute approximate surface area is 217 Å². The van der Waals surface area contributed by atoms with Crippen LogP contribution >= 0.6 is 0 Å². The molecule has 0 aliphatic rings. The lowest BCUT2D eigenvalue weighted by molar-refractivity contribution is 0.158. The van der Waals surface area contributed by atoms with Crippen molar-refractivity contribution in [3.05, 3.63) is 27.2 Å². The van der Waals surface area contributed by atoms with Crippen molar-refractivity contribution in [1.29, 1.82) is 0 Å². The Bertz CT molecular complexity index is 978. The lowest BCUT2D eigenvalue weighted by atomic mass is 10.1. The summed E-state index contributed by atoms with van der Waals surface area (Å²) >= 11 is 0. The average molecular weight is 506 g/mol. The van der Waals surface area contributed by atoms with E-state index in [0.29, 0.717) is 24.3 Å². The van der Waals surface area contributed by atoms with Crippen molar-refractivity contribution in [2.75, 3.05) is 13.1 Å². The highest BCUT2D eigenvalue weighted by molar-refractivity contribution is 5.69. The third-order valence-electron chi connectivity index (χ3n) is 7.21. The van der Waals surface area contributed by atoms with Crippen LogP contribution in [-0.2, 0) is 20.6 Å². The second kappa shape index (κ2) is 17.5. The standard InChI is InChI=1S/C28H51N5O3/c1-4-5-6-7-8-9-10-11-14-17-20-29-22-24(34)19-16-13-12-15-18-21-33-27(35)25-26(30-23-31(25)2)32(3)28(33)36/h23-24,29,34H,4-22H2,1-3H3. The van der Waals surface area contributed by atoms with E-state index in [-0.39, 0.29) is 17.4 Å². The Morgan fingerprint density at radius 2 is 1.44 bits per heavy atom. The monoisotopic (exact) mass is 505 g/mol. The van der Waals surface area contributed by atoms with Crippen LogP contribution in [0.25, 0.3) is 11.2 Å². The molecular formula is C28H51N5O3. The van der Waals surface area contributed by atoms with E-state index in [1.807, 2.05) is 0 Å². The molecule has 0 spiro atoms. The molecule has 0 bridgehead atoms. The summed E-state index contributed by atoms with van der Waals surface area (Å²) in [5.41, 5.74) is 0.328. The zero-order valence-corrected chi connectivity index (χ0v) is 23.1. The summed E-state index contributed by atoms with van der Waals surface area (Å²) in [6.07, 6.45) is 20.4. The van der Waals surface area contributed by atoms with Gasteiger partial charge in [0, 0.05) is 27.2 Å². The van der Waals surface area contributed by atoms with Gasteiger partial charge in [-0.15, -0.1) is 0 Å². The van der Waals surface area contributed by atoms with Gasteiger partial charge in [-0.25, -0.2) is 9.78 Å². The van der Waals surface area contributed by atoms with Gasteiger partial charge in [-0.1, -0.05) is 90.4 Å². The van der Waals surface area contributed by atoms with Crippen LogP contribution in [0.3, 0.4) is 0 Å². The number of aliphatic hydroxyl groups is 1. The molecule has 0 saturated heterocycles. The van der Waals surface area contributed by atoms with Crippen molar-refractivity contribution >= 4 is 11.2 Å². The largest absolute Gasteiger partial charge is 0.392 e. The quantitative estimate of drug-likeness (QED) is 0.241. The van der Waals surface area contributed by atoms with Gasteiger partial charge >= 0.3 is 5.69 Å². The molecule has 2 aromatic heterocycles. The topological polar surface area (TPSA) is 94.1 Å². The highest BCUT2D eigenvalue weighted by Gasteiger charge is 2.14. The summed E-state index contributed by atoms with van der Waals surface area (Å²) in [6.45, 7) is 4.37. The zero-order chi connectivity index (χ0) is 26.2. The number of fused-ring (bicyclic) bond motifs is 1. The molecule has 2 aromatic rings. The van der Waals surface area contributed by atoms with Crippen molar-refractivity contribution in [2.24, 2.45) is 14.1 Å². The van der Waals surface area contributed by atoms with Gasteiger partial charge in [0.05, 0.1) is 12.4 Å². The Balaban J connectivity index is 1.46. The number of unbranched alkanes of at least 4 members (excludes halogenated alkanes) is 13. The first-order valence-electron chi connectivity index (χ1n) is 14.5. The summed E-state index contributed by atoms with van der Waals surface area (Å²) in [7, 11) is 3.43. The Kier molecular flexibility index (Phi) is 14.7. The second-order valence-corrected chi connectivity index (χ2v) is 10.4. The fourth-order valence-corrected chi connectivity index (χ4v) is 4.88. The second-order valence-electron chi connectivity index (χ2n) is 10.4. The lowest BCUT2D eigenvalue weighted by Crippen LogP contribution is -2.39. The van der Waals surface area contributed by atoms with Gasteiger partial charge < -0.3 is 15.0 Å². The summed E-state index contributed by atoms with van der Waals surface area (Å²) < 4.78 is 4.45. The van der Waals surface area contributed by atoms with Crippen LogP contribution in [0.2, 0.25) is 0 Å². The lowest BCUT2D eigenvalue weighted by Gasteiger charge is -2.12. The fourth-order valence-electron chi connectivity index (χ4n) is 4.88. The van der Waals surface area contributed by atoms with E-state index in [0.717, 1.165) is 45.1 Å². The van der Waals surface area contributed by atoms with Gasteiger partial charge in [-0.3, -0.25) is 13.9 Å². The highest BCUT2D eigenvalue weighted by Crippen LogP contribution is 2.11. The smallest absolute Gasteiger partial charge is 0.332 e. The van der Waals surface area contributed by atoms with Crippen molar-refractivity contribution < 1.29 is 5.11 Å². The first-order valence-corrected chi connectivity index (χ1v) is 14.5. The van der Waals surface area contributed by atoms with E-state index >= 15 is 0 Å². The molecule has 8 nitrogen and oxygen atoms in total. The number of imidazole rings is 1. The van der Waals surface area contributed by atoms with E-state index < -0.39 is 0 Å². The molecule has 0 fully saturated rings. The minimum Gasteiger partial charge on any atom is -0.392 e. The normalized spacial score (nSPS) is 12.6. The summed E-state index contributed by atoms with van der Waals surface area (Å²) in [4.78, 5) is 29.4. The third kappa shape index (κ3) is 10.2. The van der Waals surface area contributed by atoms with Gasteiger partial charge in [0.15, 0.2) is 11.2 Å². The predicted octanol–water partition coefficient (Wildman–Crippen LogP) is 4.65. The highest BCUT2D eigenvalue weighted by atomic mass is 16.3. The molecule has 36 heavy (non-hydrogen) atoms. The van der Waals surface area contributed by atoms with E-state index in [1.54, 1.807) is 25.0 Å². The van der Waals surface area contributed by atoms with Crippen LogP contribution in [0.15, 0.2) is 15.9 Å². The Morgan fingerprint density at radius 1 is 0.861 bits per heavy atom. The number of rotatable bonds is 21. The van der Waals surface area contributed by atoms with Gasteiger partial charge in [-0.2, -0.15) is 0 Å². The molecule has 2 heterocycles. The average Bonchev–Trinajstić information content (AvgIpc) is 3.26. The summed E-state index contributed by atoms with van der Waals surface area (Å²) in [6, 6.07) is 0. The number of aromatic nitrogens is 4. The first-order chi connectivity index (χ1) is 17.5. The number of hydrogen-bond acceptors (Lipinski definition) is 5. The van der Waals surface area contributed by atoms with Gasteiger partial charge in [0.25, 0.3) is 5.56 Å². The van der Waals surface area contributed by atoms with Gasteiger partial charge in [-0.05, 0) is 25.8 Å². The van der Waals surface area contributed by atoms with Crippen LogP contribution < -0.4 is 16.6 Å². The Hall–Kier alpha value is -1.93. The first kappa shape index (κ1) is 30.3. The molecule has 0 aromatic carbocycles. The number of nitrogens with one attached hydrogen (secondary N) is 1. The van der Waals surface area contributed by atoms with Crippen molar-refractivity contribution in [1.82, 2.24) is 24.0 Å². The van der Waals surface area contributed by atoms with Crippen LogP contribution in [0.1, 0.15) is 110 Å². The molecule has 2 N–H and O–H groups in total. The third-order valence-corrected chi connectivity index (χ3v) is 7.21. The molecular weight excluding hydrogens is 454 g/mol. The van der Waals surface area contributed by atoms with E-state index in [9.17, 15) is 14.7 Å². The van der Waals surface area contributed by atoms with Gasteiger partial charge in [0.1, 0.15) is 0 Å². The van der Waals surface area contributed by atoms with Crippen molar-refractivity contribution in [3.63, 3.8) is 0 Å². The maximum Gasteiger partial charge on any atom is 0.332 e. The minimum absolute atomic E-state index is 0.262. The SMILES string of the molecule is CCCCCCCCCCCCNCC(O)CCCCCCCn1c(=O)c2c(ncn2C)n(C)c1=O. The molecule has 2 rings (SSSR count). The van der Waals surface area contributed by atoms with Crippen LogP contribution in [0, 0.1) is 0 Å². The molecule has 8 heteroatoms. The molecule has 1 atom stereocenters. The molecule has 206 valence electrons. The van der Waals surface area contributed by atoms with E-state index in [2.05, 4.69) is 17.2 Å². The fraction of sp³-hybridized carbons (Fsp3) is 0.821. The molecule has 0 aliphatic carbocycles. The molecule has 0 saturated carbocycles. The predicted molar refractivity (Wildman–Crippen MR) is 149 cm³/mol. The summed E-state index contributed by atoms with van der Waals surface area (Å²) in [5.74, 6) is 0. The van der Waals surface area contributed by atoms with Crippen LogP contribution in [0.4, 0.5) is 0 Å². The molecule has 0 aliphatic heterocycles. The van der Waals surface area contributed by atoms with Crippen molar-refractivity contribution in [2.45, 2.75) is 122 Å². The molecule has 1 unspecified atom stereocenters. The number of aryl methyl sites for hydroxylation is 2. The molecule has 0 radical (unpaired) electrons. The number of aliphatic hydroxyl groups excluding tert-OH is 1. The maximum absolute atomic E-state index is 12.7. The minimum atomic E-state index is -0.306. The molecule has 0 amide bonds. The van der Waals surface area contributed by atoms with E-state index in [4.69, 9.17) is 0 Å². The van der Waals surface area contributed by atoms with E-state index in [1.165, 1.54) is 73.3 Å². The number of nitrogens with zero attached hydrogens (tertiary/aromatic N) is 4. The zero-order valence-electron chi connectivity index (χ0n) is 23.1. The maximum atomic E-state index is 12.7. The Morgan fingerprint density at radius 3 is 2.11 bits per heavy atom.